The highest BCUT2D eigenvalue weighted by atomic mass is 79.9. The third-order valence-electron chi connectivity index (χ3n) is 7.66. The average Bonchev–Trinajstić information content (AvgIpc) is 3.73. The molecule has 6 rings (SSSR count). The number of nitro groups is 2. The van der Waals surface area contributed by atoms with Crippen LogP contribution < -0.4 is 0 Å². The topological polar surface area (TPSA) is 220 Å². The van der Waals surface area contributed by atoms with Gasteiger partial charge in [-0.1, -0.05) is 60.7 Å². The Balaban J connectivity index is 0.00000468. The van der Waals surface area contributed by atoms with Gasteiger partial charge in [0.15, 0.2) is 17.3 Å². The smallest absolute Gasteiger partial charge is 0.315 e. The Morgan fingerprint density at radius 1 is 0.633 bits per heavy atom. The van der Waals surface area contributed by atoms with Gasteiger partial charge in [0.1, 0.15) is 11.6 Å². The Hall–Kier alpha value is -6.55. The number of imidazole rings is 2. The summed E-state index contributed by atoms with van der Waals surface area (Å²) in [5.74, 6) is -5.67. The van der Waals surface area contributed by atoms with Crippen LogP contribution in [0.4, 0.5) is 11.4 Å². The first-order valence-corrected chi connectivity index (χ1v) is 14.2. The Labute approximate surface area is 286 Å². The third-order valence-corrected chi connectivity index (χ3v) is 7.66. The van der Waals surface area contributed by atoms with Crippen molar-refractivity contribution < 1.29 is 35.1 Å². The molecule has 0 unspecified atom stereocenters. The number of hydrogen-bond donors (Lipinski definition) is 4. The lowest BCUT2D eigenvalue weighted by Crippen LogP contribution is -2.12. The number of phenolic OH excluding ortho intramolecular Hbond substituents is 4. The van der Waals surface area contributed by atoms with Crippen LogP contribution in [0.15, 0.2) is 97.6 Å². The number of carbonyl (C=O) groups excluding carboxylic acids is 1. The first-order valence-electron chi connectivity index (χ1n) is 14.2. The van der Waals surface area contributed by atoms with Crippen molar-refractivity contribution >= 4 is 34.1 Å². The van der Waals surface area contributed by atoms with Gasteiger partial charge in [0, 0.05) is 61.1 Å². The zero-order valence-electron chi connectivity index (χ0n) is 25.1. The van der Waals surface area contributed by atoms with Crippen molar-refractivity contribution in [2.24, 2.45) is 0 Å². The number of ketones is 1. The Kier molecular flexibility index (Phi) is 9.43. The standard InChI is InChI=1S/C33H24N6O9.BrH/c40-27(21-15-23(38(45)46)28(41)30(43)25(21)32-34-11-13-36(32)17-19-7-3-1-4-8-19)22-16-24(39(47)48)29(42)31(44)26(22)33-35-12-14-37(33)18-20-9-5-2-6-10-20;/h1-16,41-44H,17-18H2;1H. The van der Waals surface area contributed by atoms with E-state index in [4.69, 9.17) is 0 Å². The predicted octanol–water partition coefficient (Wildman–Crippen LogP) is 5.96. The number of hydrogen-bond acceptors (Lipinski definition) is 11. The number of benzene rings is 4. The summed E-state index contributed by atoms with van der Waals surface area (Å²) in [4.78, 5) is 44.9. The van der Waals surface area contributed by atoms with Gasteiger partial charge >= 0.3 is 11.4 Å². The molecule has 0 aliphatic carbocycles. The summed E-state index contributed by atoms with van der Waals surface area (Å²) in [7, 11) is 0. The fraction of sp³-hybridized carbons (Fsp3) is 0.0606. The molecule has 0 aliphatic rings. The van der Waals surface area contributed by atoms with Crippen LogP contribution in [0.1, 0.15) is 27.0 Å². The molecule has 0 saturated carbocycles. The average molecular weight is 730 g/mol. The summed E-state index contributed by atoms with van der Waals surface area (Å²) < 4.78 is 3.05. The normalized spacial score (nSPS) is 10.8. The van der Waals surface area contributed by atoms with Crippen LogP contribution >= 0.6 is 17.0 Å². The molecule has 0 spiro atoms. The van der Waals surface area contributed by atoms with Gasteiger partial charge in [0.25, 0.3) is 0 Å². The van der Waals surface area contributed by atoms with Crippen molar-refractivity contribution in [2.75, 3.05) is 0 Å². The van der Waals surface area contributed by atoms with E-state index in [1.165, 1.54) is 33.9 Å². The molecule has 4 aromatic carbocycles. The van der Waals surface area contributed by atoms with Crippen LogP contribution in [-0.2, 0) is 13.1 Å². The monoisotopic (exact) mass is 728 g/mol. The van der Waals surface area contributed by atoms with Gasteiger partial charge in [-0.2, -0.15) is 0 Å². The highest BCUT2D eigenvalue weighted by Gasteiger charge is 2.35. The maximum absolute atomic E-state index is 14.6. The van der Waals surface area contributed by atoms with E-state index >= 15 is 0 Å². The number of phenols is 4. The molecule has 0 bridgehead atoms. The van der Waals surface area contributed by atoms with Crippen LogP contribution in [0.25, 0.3) is 22.8 Å². The van der Waals surface area contributed by atoms with E-state index in [1.54, 1.807) is 24.3 Å². The quantitative estimate of drug-likeness (QED) is 0.0558. The van der Waals surface area contributed by atoms with E-state index in [-0.39, 0.29) is 41.7 Å². The summed E-state index contributed by atoms with van der Waals surface area (Å²) in [5.41, 5.74) is -2.49. The van der Waals surface area contributed by atoms with Crippen molar-refractivity contribution in [2.45, 2.75) is 13.1 Å². The molecule has 0 aliphatic heterocycles. The second kappa shape index (κ2) is 13.7. The second-order valence-corrected chi connectivity index (χ2v) is 10.6. The van der Waals surface area contributed by atoms with E-state index < -0.39 is 72.3 Å². The summed E-state index contributed by atoms with van der Waals surface area (Å²) in [6, 6.07) is 19.5. The number of nitrogens with zero attached hydrogens (tertiary/aromatic N) is 6. The first kappa shape index (κ1) is 33.8. The van der Waals surface area contributed by atoms with Gasteiger partial charge in [-0.05, 0) is 11.1 Å². The van der Waals surface area contributed by atoms with Crippen LogP contribution in [-0.4, -0.2) is 55.2 Å². The van der Waals surface area contributed by atoms with Gasteiger partial charge in [0.2, 0.25) is 11.5 Å². The fourth-order valence-corrected chi connectivity index (χ4v) is 5.41. The highest BCUT2D eigenvalue weighted by molar-refractivity contribution is 8.93. The summed E-state index contributed by atoms with van der Waals surface area (Å²) >= 11 is 0. The number of nitro benzene ring substituents is 2. The van der Waals surface area contributed by atoms with Crippen LogP contribution in [0.5, 0.6) is 23.0 Å². The van der Waals surface area contributed by atoms with Crippen LogP contribution in [0.2, 0.25) is 0 Å². The minimum atomic E-state index is -1.15. The molecule has 0 atom stereocenters. The van der Waals surface area contributed by atoms with Crippen LogP contribution in [0.3, 0.4) is 0 Å². The predicted molar refractivity (Wildman–Crippen MR) is 180 cm³/mol. The van der Waals surface area contributed by atoms with Gasteiger partial charge < -0.3 is 29.6 Å². The number of carbonyl (C=O) groups is 1. The lowest BCUT2D eigenvalue weighted by atomic mass is 9.91. The Morgan fingerprint density at radius 3 is 1.35 bits per heavy atom. The van der Waals surface area contributed by atoms with E-state index in [9.17, 15) is 45.4 Å². The largest absolute Gasteiger partial charge is 0.504 e. The SMILES string of the molecule is Br.O=C(c1cc([N+](=O)[O-])c(O)c(O)c1-c1nccn1Cc1ccccc1)c1cc([N+](=O)[O-])c(O)c(O)c1-c1nccn1Cc1ccccc1. The number of halogens is 1. The zero-order valence-corrected chi connectivity index (χ0v) is 26.8. The number of rotatable bonds is 10. The summed E-state index contributed by atoms with van der Waals surface area (Å²) in [5, 5.41) is 67.6. The number of aromatic nitrogens is 4. The second-order valence-electron chi connectivity index (χ2n) is 10.6. The maximum atomic E-state index is 14.6. The molecule has 2 aromatic heterocycles. The van der Waals surface area contributed by atoms with E-state index in [2.05, 4.69) is 9.97 Å². The lowest BCUT2D eigenvalue weighted by molar-refractivity contribution is -0.386. The van der Waals surface area contributed by atoms with Gasteiger partial charge in [-0.25, -0.2) is 9.97 Å². The molecule has 4 N–H and O–H groups in total. The van der Waals surface area contributed by atoms with Gasteiger partial charge in [-0.3, -0.25) is 25.0 Å². The molecule has 248 valence electrons. The maximum Gasteiger partial charge on any atom is 0.315 e. The van der Waals surface area contributed by atoms with Crippen molar-refractivity contribution in [1.29, 1.82) is 0 Å². The Morgan fingerprint density at radius 2 is 1.00 bits per heavy atom. The van der Waals surface area contributed by atoms with E-state index in [0.29, 0.717) is 12.1 Å². The molecule has 0 saturated heterocycles. The fourth-order valence-electron chi connectivity index (χ4n) is 5.41. The van der Waals surface area contributed by atoms with Crippen LogP contribution in [0, 0.1) is 20.2 Å². The highest BCUT2D eigenvalue weighted by Crippen LogP contribution is 2.49. The summed E-state index contributed by atoms with van der Waals surface area (Å²) in [6.45, 7) is 0.350. The summed E-state index contributed by atoms with van der Waals surface area (Å²) in [6.07, 6.45) is 5.76. The van der Waals surface area contributed by atoms with Crippen molar-refractivity contribution in [3.05, 3.63) is 140 Å². The van der Waals surface area contributed by atoms with Gasteiger partial charge in [0.05, 0.1) is 21.0 Å². The Bertz CT molecular complexity index is 2060. The molecule has 0 radical (unpaired) electrons. The molecule has 6 aromatic rings. The van der Waals surface area contributed by atoms with Crippen molar-refractivity contribution in [3.8, 4) is 45.8 Å². The molecule has 15 nitrogen and oxygen atoms in total. The van der Waals surface area contributed by atoms with E-state index in [0.717, 1.165) is 11.1 Å². The van der Waals surface area contributed by atoms with E-state index in [1.807, 2.05) is 36.4 Å². The molecular weight excluding hydrogens is 704 g/mol. The minimum Gasteiger partial charge on any atom is -0.504 e. The number of aromatic hydroxyl groups is 4. The first-order chi connectivity index (χ1) is 23.1. The zero-order chi connectivity index (χ0) is 34.1. The lowest BCUT2D eigenvalue weighted by Gasteiger charge is -2.17. The molecule has 16 heteroatoms. The third kappa shape index (κ3) is 6.27. The van der Waals surface area contributed by atoms with Crippen molar-refractivity contribution in [1.82, 2.24) is 19.1 Å². The molecule has 0 fully saturated rings. The van der Waals surface area contributed by atoms with Crippen molar-refractivity contribution in [3.63, 3.8) is 0 Å². The molecule has 49 heavy (non-hydrogen) atoms. The molecule has 0 amide bonds. The molecule has 2 heterocycles. The minimum absolute atomic E-state index is 0. The molecular formula is C33H25BrN6O9. The van der Waals surface area contributed by atoms with Gasteiger partial charge in [-0.15, -0.1) is 17.0 Å².